The van der Waals surface area contributed by atoms with Gasteiger partial charge in [0.1, 0.15) is 23.0 Å². The molecule has 0 saturated carbocycles. The minimum absolute atomic E-state index is 0.204. The van der Waals surface area contributed by atoms with E-state index in [1.54, 1.807) is 55.0 Å². The lowest BCUT2D eigenvalue weighted by Crippen LogP contribution is -2.14. The zero-order chi connectivity index (χ0) is 26.2. The number of nitrogens with two attached hydrogens (primary N) is 2. The number of anilines is 3. The lowest BCUT2D eigenvalue weighted by Gasteiger charge is -2.13. The zero-order valence-electron chi connectivity index (χ0n) is 20.5. The van der Waals surface area contributed by atoms with Crippen molar-refractivity contribution in [2.24, 2.45) is 0 Å². The number of rotatable bonds is 10. The Labute approximate surface area is 212 Å². The van der Waals surface area contributed by atoms with E-state index in [1.807, 2.05) is 0 Å². The second kappa shape index (κ2) is 12.0. The van der Waals surface area contributed by atoms with Gasteiger partial charge in [-0.15, -0.1) is 0 Å². The largest absolute Gasteiger partial charge is 0.496 e. The standard InChI is InChI=1S/C26H29N3O6S/c1-32-20-13-24(34-3)21(25(14-20)35-4)7-8-36(31)15-16-5-6-23(33-2)22(9-16)29-26(30)17-10-18(27)12-19(28)11-17/h5-14H,15,27-28H2,1-4H3,(H,29,30). The molecule has 5 N–H and O–H groups in total. The predicted molar refractivity (Wildman–Crippen MR) is 143 cm³/mol. The molecule has 0 fully saturated rings. The summed E-state index contributed by atoms with van der Waals surface area (Å²) in [6, 6.07) is 13.3. The Bertz CT molecular complexity index is 1260. The van der Waals surface area contributed by atoms with Crippen LogP contribution in [0.1, 0.15) is 21.5 Å². The van der Waals surface area contributed by atoms with Crippen molar-refractivity contribution in [3.05, 3.63) is 70.6 Å². The summed E-state index contributed by atoms with van der Waals surface area (Å²) < 4.78 is 34.4. The molecule has 36 heavy (non-hydrogen) atoms. The average molecular weight is 512 g/mol. The van der Waals surface area contributed by atoms with Gasteiger partial charge < -0.3 is 35.7 Å². The van der Waals surface area contributed by atoms with Crippen molar-refractivity contribution in [2.45, 2.75) is 5.75 Å². The Morgan fingerprint density at radius 2 is 1.47 bits per heavy atom. The van der Waals surface area contributed by atoms with Crippen molar-refractivity contribution < 1.29 is 28.0 Å². The number of nitrogen functional groups attached to an aromatic ring is 2. The number of carbonyl (C=O) groups excluding carboxylic acids is 1. The first kappa shape index (κ1) is 26.4. The topological polar surface area (TPSA) is 135 Å². The van der Waals surface area contributed by atoms with E-state index in [9.17, 15) is 9.00 Å². The first-order valence-corrected chi connectivity index (χ1v) is 12.2. The van der Waals surface area contributed by atoms with E-state index >= 15 is 0 Å². The molecule has 0 aliphatic heterocycles. The van der Waals surface area contributed by atoms with Crippen molar-refractivity contribution in [2.75, 3.05) is 45.2 Å². The number of hydrogen-bond acceptors (Lipinski definition) is 8. The number of hydrogen-bond donors (Lipinski definition) is 3. The molecule has 0 heterocycles. The van der Waals surface area contributed by atoms with Crippen LogP contribution in [0.2, 0.25) is 0 Å². The summed E-state index contributed by atoms with van der Waals surface area (Å²) in [5.74, 6) is 1.89. The van der Waals surface area contributed by atoms with Gasteiger partial charge in [0.05, 0.1) is 56.2 Å². The van der Waals surface area contributed by atoms with Crippen molar-refractivity contribution in [3.8, 4) is 23.0 Å². The van der Waals surface area contributed by atoms with E-state index in [1.165, 1.54) is 33.5 Å². The Kier molecular flexibility index (Phi) is 8.80. The molecule has 3 aromatic rings. The second-order valence-corrected chi connectivity index (χ2v) is 8.97. The maximum atomic E-state index is 12.9. The van der Waals surface area contributed by atoms with Crippen molar-refractivity contribution in [1.29, 1.82) is 0 Å². The molecule has 1 atom stereocenters. The number of benzene rings is 3. The highest BCUT2D eigenvalue weighted by molar-refractivity contribution is 7.87. The van der Waals surface area contributed by atoms with Crippen LogP contribution in [0.3, 0.4) is 0 Å². The van der Waals surface area contributed by atoms with Gasteiger partial charge in [-0.05, 0) is 42.0 Å². The summed E-state index contributed by atoms with van der Waals surface area (Å²) in [5, 5.41) is 4.37. The molecule has 9 nitrogen and oxygen atoms in total. The molecule has 0 aromatic heterocycles. The van der Waals surface area contributed by atoms with Crippen LogP contribution in [-0.4, -0.2) is 38.6 Å². The third-order valence-electron chi connectivity index (χ3n) is 5.20. The van der Waals surface area contributed by atoms with Crippen LogP contribution in [0.4, 0.5) is 17.1 Å². The van der Waals surface area contributed by atoms with E-state index in [2.05, 4.69) is 5.32 Å². The molecule has 0 saturated heterocycles. The van der Waals surface area contributed by atoms with Crippen molar-refractivity contribution in [1.82, 2.24) is 0 Å². The van der Waals surface area contributed by atoms with Crippen LogP contribution in [-0.2, 0) is 16.6 Å². The van der Waals surface area contributed by atoms with Gasteiger partial charge >= 0.3 is 0 Å². The molecule has 0 aliphatic rings. The molecule has 0 spiro atoms. The third kappa shape index (κ3) is 6.48. The Hall–Kier alpha value is -4.18. The first-order chi connectivity index (χ1) is 17.3. The van der Waals surface area contributed by atoms with Crippen LogP contribution < -0.4 is 35.7 Å². The lowest BCUT2D eigenvalue weighted by atomic mass is 10.1. The Morgan fingerprint density at radius 1 is 0.861 bits per heavy atom. The number of ether oxygens (including phenoxy) is 4. The van der Waals surface area contributed by atoms with Crippen LogP contribution in [0.5, 0.6) is 23.0 Å². The van der Waals surface area contributed by atoms with E-state index in [0.717, 1.165) is 5.56 Å². The molecule has 0 aliphatic carbocycles. The molecule has 0 radical (unpaired) electrons. The summed E-state index contributed by atoms with van der Waals surface area (Å²) in [6.45, 7) is 0. The zero-order valence-corrected chi connectivity index (χ0v) is 21.3. The number of nitrogens with one attached hydrogen (secondary N) is 1. The number of amides is 1. The lowest BCUT2D eigenvalue weighted by molar-refractivity contribution is 0.102. The van der Waals surface area contributed by atoms with Crippen molar-refractivity contribution >= 4 is 39.8 Å². The van der Waals surface area contributed by atoms with Crippen LogP contribution >= 0.6 is 0 Å². The van der Waals surface area contributed by atoms with Crippen molar-refractivity contribution in [3.63, 3.8) is 0 Å². The number of carbonyl (C=O) groups is 1. The molecule has 10 heteroatoms. The van der Waals surface area contributed by atoms with Gasteiger partial charge in [-0.2, -0.15) is 0 Å². The number of methoxy groups -OCH3 is 4. The second-order valence-electron chi connectivity index (χ2n) is 7.65. The van der Waals surface area contributed by atoms with Gasteiger partial charge in [0, 0.05) is 34.5 Å². The first-order valence-electron chi connectivity index (χ1n) is 10.8. The maximum Gasteiger partial charge on any atom is 0.255 e. The molecule has 1 unspecified atom stereocenters. The fourth-order valence-electron chi connectivity index (χ4n) is 3.50. The maximum absolute atomic E-state index is 12.9. The van der Waals surface area contributed by atoms with E-state index in [4.69, 9.17) is 30.4 Å². The summed E-state index contributed by atoms with van der Waals surface area (Å²) in [4.78, 5) is 12.8. The summed E-state index contributed by atoms with van der Waals surface area (Å²) in [5.41, 5.74) is 14.5. The fourth-order valence-corrected chi connectivity index (χ4v) is 4.39. The van der Waals surface area contributed by atoms with Crippen LogP contribution in [0.15, 0.2) is 53.9 Å². The quantitative estimate of drug-likeness (QED) is 0.347. The van der Waals surface area contributed by atoms with Crippen LogP contribution in [0, 0.1) is 0 Å². The summed E-state index contributed by atoms with van der Waals surface area (Å²) in [6.07, 6.45) is 1.68. The van der Waals surface area contributed by atoms with E-state index in [0.29, 0.717) is 51.2 Å². The van der Waals surface area contributed by atoms with Gasteiger partial charge in [-0.1, -0.05) is 6.07 Å². The minimum atomic E-state index is -1.38. The fraction of sp³-hybridized carbons (Fsp3) is 0.192. The van der Waals surface area contributed by atoms with Crippen LogP contribution in [0.25, 0.3) is 6.08 Å². The van der Waals surface area contributed by atoms with Gasteiger partial charge in [0.15, 0.2) is 0 Å². The average Bonchev–Trinajstić information content (AvgIpc) is 2.86. The van der Waals surface area contributed by atoms with Gasteiger partial charge in [-0.25, -0.2) is 0 Å². The highest BCUT2D eigenvalue weighted by Gasteiger charge is 2.14. The van der Waals surface area contributed by atoms with Gasteiger partial charge in [0.2, 0.25) is 0 Å². The summed E-state index contributed by atoms with van der Waals surface area (Å²) >= 11 is 0. The highest BCUT2D eigenvalue weighted by atomic mass is 32.2. The molecular formula is C26H29N3O6S. The minimum Gasteiger partial charge on any atom is -0.496 e. The third-order valence-corrected chi connectivity index (χ3v) is 6.26. The van der Waals surface area contributed by atoms with E-state index < -0.39 is 16.7 Å². The summed E-state index contributed by atoms with van der Waals surface area (Å²) in [7, 11) is 4.74. The SMILES string of the molecule is COc1cc(OC)c(C=CS(=O)Cc2ccc(OC)c(NC(=O)c3cc(N)cc(N)c3)c2)c(OC)c1. The highest BCUT2D eigenvalue weighted by Crippen LogP contribution is 2.35. The Balaban J connectivity index is 1.80. The molecule has 3 aromatic carbocycles. The molecule has 3 rings (SSSR count). The Morgan fingerprint density at radius 3 is 2.03 bits per heavy atom. The smallest absolute Gasteiger partial charge is 0.255 e. The molecule has 0 bridgehead atoms. The van der Waals surface area contributed by atoms with Gasteiger partial charge in [-0.3, -0.25) is 9.00 Å². The molecule has 190 valence electrons. The van der Waals surface area contributed by atoms with E-state index in [-0.39, 0.29) is 5.75 Å². The normalized spacial score (nSPS) is 11.7. The van der Waals surface area contributed by atoms with Gasteiger partial charge in [0.25, 0.3) is 5.91 Å². The molecule has 1 amide bonds. The molecular weight excluding hydrogens is 482 g/mol. The predicted octanol–water partition coefficient (Wildman–Crippen LogP) is 4.06. The monoisotopic (exact) mass is 511 g/mol.